The van der Waals surface area contributed by atoms with Gasteiger partial charge in [-0.25, -0.2) is 4.98 Å². The summed E-state index contributed by atoms with van der Waals surface area (Å²) in [4.78, 5) is 3.95. The summed E-state index contributed by atoms with van der Waals surface area (Å²) in [6.45, 7) is 4.33. The van der Waals surface area contributed by atoms with Gasteiger partial charge in [-0.1, -0.05) is 18.2 Å². The molecular weight excluding hydrogens is 279 g/mol. The van der Waals surface area contributed by atoms with Crippen LogP contribution in [0.15, 0.2) is 43.0 Å². The van der Waals surface area contributed by atoms with Gasteiger partial charge in [0, 0.05) is 31.0 Å². The van der Waals surface area contributed by atoms with Gasteiger partial charge in [-0.15, -0.1) is 0 Å². The second kappa shape index (κ2) is 6.30. The van der Waals surface area contributed by atoms with Gasteiger partial charge in [0.15, 0.2) is 0 Å². The third-order valence-electron chi connectivity index (χ3n) is 3.31. The molecule has 114 valence electrons. The smallest absolute Gasteiger partial charge is 0.336 e. The molecule has 0 radical (unpaired) electrons. The number of benzene rings is 1. The van der Waals surface area contributed by atoms with Crippen molar-refractivity contribution < 1.29 is 13.2 Å². The van der Waals surface area contributed by atoms with Crippen molar-refractivity contribution in [3.05, 3.63) is 54.1 Å². The Hall–Kier alpha value is -1.82. The van der Waals surface area contributed by atoms with Crippen LogP contribution >= 0.6 is 0 Å². The lowest BCUT2D eigenvalue weighted by Gasteiger charge is -2.23. The number of nitrogens with one attached hydrogen (secondary N) is 1. The summed E-state index contributed by atoms with van der Waals surface area (Å²) in [7, 11) is 0. The Balaban J connectivity index is 2.08. The van der Waals surface area contributed by atoms with Crippen LogP contribution in [-0.2, 0) is 12.7 Å². The predicted octanol–water partition coefficient (Wildman–Crippen LogP) is 3.64. The minimum Gasteiger partial charge on any atom is -0.336 e. The number of rotatable bonds is 5. The maximum absolute atomic E-state index is 13.0. The summed E-state index contributed by atoms with van der Waals surface area (Å²) in [6.07, 6.45) is 0.855. The van der Waals surface area contributed by atoms with Gasteiger partial charge in [0.05, 0.1) is 11.9 Å². The number of hydrogen-bond acceptors (Lipinski definition) is 2. The second-order valence-corrected chi connectivity index (χ2v) is 5.13. The molecule has 1 heterocycles. The van der Waals surface area contributed by atoms with E-state index in [1.165, 1.54) is 12.1 Å². The Labute approximate surface area is 121 Å². The fraction of sp³-hybridized carbons (Fsp3) is 0.400. The number of halogens is 3. The minimum atomic E-state index is -4.33. The number of nitrogens with zero attached hydrogens (tertiary/aromatic N) is 2. The Morgan fingerprint density at radius 2 is 1.95 bits per heavy atom. The van der Waals surface area contributed by atoms with Crippen molar-refractivity contribution in [2.24, 2.45) is 0 Å². The highest BCUT2D eigenvalue weighted by Gasteiger charge is 2.34. The molecule has 0 aliphatic rings. The Morgan fingerprint density at radius 3 is 2.57 bits per heavy atom. The topological polar surface area (TPSA) is 29.9 Å². The first-order valence-corrected chi connectivity index (χ1v) is 6.76. The van der Waals surface area contributed by atoms with Crippen molar-refractivity contribution >= 4 is 0 Å². The largest absolute Gasteiger partial charge is 0.416 e. The fourth-order valence-corrected chi connectivity index (χ4v) is 2.41. The van der Waals surface area contributed by atoms with E-state index in [0.717, 1.165) is 6.07 Å². The first kappa shape index (κ1) is 15.6. The molecule has 0 aliphatic heterocycles. The SMILES string of the molecule is CC(Cn1ccnc1)NC(C)c1ccccc1C(F)(F)F. The molecule has 0 bridgehead atoms. The summed E-state index contributed by atoms with van der Waals surface area (Å²) < 4.78 is 40.9. The van der Waals surface area contributed by atoms with Gasteiger partial charge in [0.25, 0.3) is 0 Å². The molecular formula is C15H18F3N3. The van der Waals surface area contributed by atoms with E-state index in [-0.39, 0.29) is 17.6 Å². The predicted molar refractivity (Wildman–Crippen MR) is 74.7 cm³/mol. The van der Waals surface area contributed by atoms with Crippen molar-refractivity contribution in [3.63, 3.8) is 0 Å². The fourth-order valence-electron chi connectivity index (χ4n) is 2.41. The van der Waals surface area contributed by atoms with Gasteiger partial charge >= 0.3 is 6.18 Å². The third-order valence-corrected chi connectivity index (χ3v) is 3.31. The first-order valence-electron chi connectivity index (χ1n) is 6.76. The van der Waals surface area contributed by atoms with Crippen molar-refractivity contribution in [2.45, 2.75) is 38.7 Å². The van der Waals surface area contributed by atoms with E-state index < -0.39 is 11.7 Å². The molecule has 2 aromatic rings. The Bertz CT molecular complexity index is 564. The normalized spacial score (nSPS) is 14.9. The van der Waals surface area contributed by atoms with E-state index in [1.54, 1.807) is 25.5 Å². The molecule has 2 unspecified atom stereocenters. The molecule has 0 spiro atoms. The molecule has 1 aromatic carbocycles. The summed E-state index contributed by atoms with van der Waals surface area (Å²) in [5.41, 5.74) is -0.317. The van der Waals surface area contributed by atoms with Crippen LogP contribution in [0, 0.1) is 0 Å². The number of hydrogen-bond donors (Lipinski definition) is 1. The number of imidazole rings is 1. The Kier molecular flexibility index (Phi) is 4.67. The summed E-state index contributed by atoms with van der Waals surface area (Å²) in [5.74, 6) is 0. The highest BCUT2D eigenvalue weighted by Crippen LogP contribution is 2.34. The zero-order valence-corrected chi connectivity index (χ0v) is 11.9. The standard InChI is InChI=1S/C15H18F3N3/c1-11(9-21-8-7-19-10-21)20-12(2)13-5-3-4-6-14(13)15(16,17)18/h3-8,10-12,20H,9H2,1-2H3. The number of aromatic nitrogens is 2. The van der Waals surface area contributed by atoms with E-state index in [9.17, 15) is 13.2 Å². The van der Waals surface area contributed by atoms with Gasteiger partial charge in [0.1, 0.15) is 0 Å². The van der Waals surface area contributed by atoms with E-state index in [4.69, 9.17) is 0 Å². The zero-order chi connectivity index (χ0) is 15.5. The molecule has 3 nitrogen and oxygen atoms in total. The quantitative estimate of drug-likeness (QED) is 0.913. The maximum atomic E-state index is 13.0. The van der Waals surface area contributed by atoms with Crippen LogP contribution in [0.2, 0.25) is 0 Å². The lowest BCUT2D eigenvalue weighted by Crippen LogP contribution is -2.33. The van der Waals surface area contributed by atoms with E-state index >= 15 is 0 Å². The van der Waals surface area contributed by atoms with Crippen LogP contribution in [0.1, 0.15) is 31.0 Å². The maximum Gasteiger partial charge on any atom is 0.416 e. The molecule has 2 atom stereocenters. The Morgan fingerprint density at radius 1 is 1.24 bits per heavy atom. The van der Waals surface area contributed by atoms with Gasteiger partial charge < -0.3 is 9.88 Å². The summed E-state index contributed by atoms with van der Waals surface area (Å²) >= 11 is 0. The van der Waals surface area contributed by atoms with Crippen LogP contribution < -0.4 is 5.32 Å². The van der Waals surface area contributed by atoms with Gasteiger partial charge in [-0.2, -0.15) is 13.2 Å². The molecule has 0 fully saturated rings. The lowest BCUT2D eigenvalue weighted by molar-refractivity contribution is -0.138. The average Bonchev–Trinajstić information content (AvgIpc) is 2.90. The summed E-state index contributed by atoms with van der Waals surface area (Å²) in [6, 6.07) is 5.31. The third kappa shape index (κ3) is 4.07. The molecule has 0 aliphatic carbocycles. The first-order chi connectivity index (χ1) is 9.88. The average molecular weight is 297 g/mol. The van der Waals surface area contributed by atoms with Gasteiger partial charge in [-0.3, -0.25) is 0 Å². The van der Waals surface area contributed by atoms with Gasteiger partial charge in [-0.05, 0) is 25.5 Å². The van der Waals surface area contributed by atoms with Crippen LogP contribution in [0.4, 0.5) is 13.2 Å². The molecule has 0 amide bonds. The minimum absolute atomic E-state index is 0.0236. The lowest BCUT2D eigenvalue weighted by atomic mass is 10.0. The van der Waals surface area contributed by atoms with Crippen molar-refractivity contribution in [1.29, 1.82) is 0 Å². The van der Waals surface area contributed by atoms with Crippen LogP contribution in [0.5, 0.6) is 0 Å². The molecule has 0 saturated carbocycles. The van der Waals surface area contributed by atoms with Crippen LogP contribution in [0.25, 0.3) is 0 Å². The molecule has 1 aromatic heterocycles. The van der Waals surface area contributed by atoms with Crippen molar-refractivity contribution in [1.82, 2.24) is 14.9 Å². The number of alkyl halides is 3. The molecule has 2 rings (SSSR count). The molecule has 6 heteroatoms. The second-order valence-electron chi connectivity index (χ2n) is 5.13. The van der Waals surface area contributed by atoms with Crippen LogP contribution in [-0.4, -0.2) is 15.6 Å². The summed E-state index contributed by atoms with van der Waals surface area (Å²) in [5, 5.41) is 3.20. The highest BCUT2D eigenvalue weighted by molar-refractivity contribution is 5.32. The van der Waals surface area contributed by atoms with E-state index in [0.29, 0.717) is 6.54 Å². The highest BCUT2D eigenvalue weighted by atomic mass is 19.4. The van der Waals surface area contributed by atoms with Crippen molar-refractivity contribution in [3.8, 4) is 0 Å². The molecule has 21 heavy (non-hydrogen) atoms. The van der Waals surface area contributed by atoms with Crippen molar-refractivity contribution in [2.75, 3.05) is 0 Å². The van der Waals surface area contributed by atoms with Gasteiger partial charge in [0.2, 0.25) is 0 Å². The van der Waals surface area contributed by atoms with Crippen LogP contribution in [0.3, 0.4) is 0 Å². The zero-order valence-electron chi connectivity index (χ0n) is 11.9. The van der Waals surface area contributed by atoms with E-state index in [1.807, 2.05) is 17.7 Å². The molecule has 0 saturated heterocycles. The molecule has 1 N–H and O–H groups in total. The van der Waals surface area contributed by atoms with E-state index in [2.05, 4.69) is 10.3 Å². The monoisotopic (exact) mass is 297 g/mol.